The molecule has 0 bridgehead atoms. The van der Waals surface area contributed by atoms with E-state index < -0.39 is 5.82 Å². The van der Waals surface area contributed by atoms with Crippen molar-refractivity contribution in [1.29, 1.82) is 0 Å². The second-order valence-corrected chi connectivity index (χ2v) is 6.48. The summed E-state index contributed by atoms with van der Waals surface area (Å²) < 4.78 is 14.3. The lowest BCUT2D eigenvalue weighted by Gasteiger charge is -2.32. The molecular formula is C15H19BrFNO. The average Bonchev–Trinajstić information content (AvgIpc) is 2.33. The van der Waals surface area contributed by atoms with Crippen LogP contribution in [-0.4, -0.2) is 11.9 Å². The van der Waals surface area contributed by atoms with Gasteiger partial charge in [0.1, 0.15) is 5.82 Å². The number of hydrogen-bond acceptors (Lipinski definition) is 1. The SMILES string of the molecule is CC1CCC(NC(=O)c2ccc(Br)cc2F)CC1C. The first-order valence-electron chi connectivity index (χ1n) is 6.73. The van der Waals surface area contributed by atoms with Crippen molar-refractivity contribution in [1.82, 2.24) is 5.32 Å². The Morgan fingerprint density at radius 1 is 1.32 bits per heavy atom. The molecule has 3 unspecified atom stereocenters. The van der Waals surface area contributed by atoms with E-state index in [0.717, 1.165) is 19.3 Å². The molecule has 3 atom stereocenters. The lowest BCUT2D eigenvalue weighted by Crippen LogP contribution is -2.40. The van der Waals surface area contributed by atoms with Gasteiger partial charge in [-0.3, -0.25) is 4.79 Å². The third kappa shape index (κ3) is 3.56. The predicted molar refractivity (Wildman–Crippen MR) is 77.5 cm³/mol. The zero-order valence-electron chi connectivity index (χ0n) is 11.2. The van der Waals surface area contributed by atoms with Crippen LogP contribution in [0.5, 0.6) is 0 Å². The van der Waals surface area contributed by atoms with Crippen molar-refractivity contribution in [3.8, 4) is 0 Å². The maximum Gasteiger partial charge on any atom is 0.254 e. The van der Waals surface area contributed by atoms with E-state index in [9.17, 15) is 9.18 Å². The summed E-state index contributed by atoms with van der Waals surface area (Å²) in [6.07, 6.45) is 3.08. The molecule has 1 aromatic rings. The van der Waals surface area contributed by atoms with Gasteiger partial charge in [0.05, 0.1) is 5.56 Å². The third-order valence-corrected chi connectivity index (χ3v) is 4.60. The Bertz CT molecular complexity index is 477. The van der Waals surface area contributed by atoms with Crippen LogP contribution in [0.15, 0.2) is 22.7 Å². The van der Waals surface area contributed by atoms with Gasteiger partial charge < -0.3 is 5.32 Å². The van der Waals surface area contributed by atoms with Crippen LogP contribution < -0.4 is 5.32 Å². The molecule has 0 aromatic heterocycles. The Kier molecular flexibility index (Phi) is 4.61. The number of halogens is 2. The van der Waals surface area contributed by atoms with Gasteiger partial charge in [0, 0.05) is 10.5 Å². The molecule has 2 rings (SSSR count). The van der Waals surface area contributed by atoms with Crippen LogP contribution in [0.1, 0.15) is 43.5 Å². The van der Waals surface area contributed by atoms with Crippen LogP contribution in [0.4, 0.5) is 4.39 Å². The number of rotatable bonds is 2. The summed E-state index contributed by atoms with van der Waals surface area (Å²) >= 11 is 3.19. The molecule has 4 heteroatoms. The minimum absolute atomic E-state index is 0.120. The van der Waals surface area contributed by atoms with Crippen molar-refractivity contribution in [3.63, 3.8) is 0 Å². The molecule has 1 amide bonds. The highest BCUT2D eigenvalue weighted by molar-refractivity contribution is 9.10. The topological polar surface area (TPSA) is 29.1 Å². The van der Waals surface area contributed by atoms with E-state index in [1.807, 2.05) is 0 Å². The molecule has 0 radical (unpaired) electrons. The van der Waals surface area contributed by atoms with E-state index in [0.29, 0.717) is 16.3 Å². The molecular weight excluding hydrogens is 309 g/mol. The second-order valence-electron chi connectivity index (χ2n) is 5.56. The highest BCUT2D eigenvalue weighted by Crippen LogP contribution is 2.29. The van der Waals surface area contributed by atoms with Crippen molar-refractivity contribution in [2.75, 3.05) is 0 Å². The minimum Gasteiger partial charge on any atom is -0.349 e. The maximum absolute atomic E-state index is 13.7. The molecule has 0 saturated heterocycles. The molecule has 1 aromatic carbocycles. The van der Waals surface area contributed by atoms with Crippen molar-refractivity contribution in [2.24, 2.45) is 11.8 Å². The van der Waals surface area contributed by atoms with Crippen LogP contribution in [0, 0.1) is 17.7 Å². The van der Waals surface area contributed by atoms with Crippen molar-refractivity contribution in [3.05, 3.63) is 34.1 Å². The largest absolute Gasteiger partial charge is 0.349 e. The highest BCUT2D eigenvalue weighted by Gasteiger charge is 2.26. The maximum atomic E-state index is 13.7. The molecule has 1 N–H and O–H groups in total. The Morgan fingerprint density at radius 2 is 2.05 bits per heavy atom. The quantitative estimate of drug-likeness (QED) is 0.868. The monoisotopic (exact) mass is 327 g/mol. The molecule has 1 saturated carbocycles. The van der Waals surface area contributed by atoms with E-state index in [4.69, 9.17) is 0 Å². The van der Waals surface area contributed by atoms with Crippen LogP contribution in [0.25, 0.3) is 0 Å². The predicted octanol–water partition coefficient (Wildman–Crippen LogP) is 4.14. The molecule has 1 aliphatic carbocycles. The molecule has 1 fully saturated rings. The lowest BCUT2D eigenvalue weighted by atomic mass is 9.79. The van der Waals surface area contributed by atoms with Gasteiger partial charge in [-0.25, -0.2) is 4.39 Å². The normalized spacial score (nSPS) is 27.1. The summed E-state index contributed by atoms with van der Waals surface area (Å²) in [7, 11) is 0. The lowest BCUT2D eigenvalue weighted by molar-refractivity contribution is 0.0906. The molecule has 19 heavy (non-hydrogen) atoms. The van der Waals surface area contributed by atoms with Gasteiger partial charge in [-0.2, -0.15) is 0 Å². The number of benzene rings is 1. The third-order valence-electron chi connectivity index (χ3n) is 4.11. The van der Waals surface area contributed by atoms with Crippen molar-refractivity contribution >= 4 is 21.8 Å². The van der Waals surface area contributed by atoms with E-state index in [1.165, 1.54) is 12.1 Å². The zero-order chi connectivity index (χ0) is 14.0. The molecule has 104 valence electrons. The molecule has 0 aliphatic heterocycles. The number of amides is 1. The van der Waals surface area contributed by atoms with Crippen molar-refractivity contribution in [2.45, 2.75) is 39.2 Å². The Balaban J connectivity index is 2.01. The van der Waals surface area contributed by atoms with Crippen LogP contribution >= 0.6 is 15.9 Å². The van der Waals surface area contributed by atoms with Crippen LogP contribution in [-0.2, 0) is 0 Å². The summed E-state index contributed by atoms with van der Waals surface area (Å²) in [6, 6.07) is 4.69. The summed E-state index contributed by atoms with van der Waals surface area (Å²) in [6.45, 7) is 4.46. The number of carbonyl (C=O) groups is 1. The fraction of sp³-hybridized carbons (Fsp3) is 0.533. The first-order valence-corrected chi connectivity index (χ1v) is 7.52. The number of carbonyl (C=O) groups excluding carboxylic acids is 1. The molecule has 0 spiro atoms. The van der Waals surface area contributed by atoms with Gasteiger partial charge in [-0.05, 0) is 49.3 Å². The first-order chi connectivity index (χ1) is 8.97. The van der Waals surface area contributed by atoms with Gasteiger partial charge in [0.25, 0.3) is 5.91 Å². The van der Waals surface area contributed by atoms with E-state index >= 15 is 0 Å². The van der Waals surface area contributed by atoms with Gasteiger partial charge in [0.2, 0.25) is 0 Å². The number of hydrogen-bond donors (Lipinski definition) is 1. The summed E-state index contributed by atoms with van der Waals surface area (Å²) in [5, 5.41) is 2.95. The molecule has 2 nitrogen and oxygen atoms in total. The summed E-state index contributed by atoms with van der Waals surface area (Å²) in [5.41, 5.74) is 0.120. The molecule has 0 heterocycles. The first kappa shape index (κ1) is 14.5. The average molecular weight is 328 g/mol. The van der Waals surface area contributed by atoms with Crippen molar-refractivity contribution < 1.29 is 9.18 Å². The highest BCUT2D eigenvalue weighted by atomic mass is 79.9. The van der Waals surface area contributed by atoms with E-state index in [1.54, 1.807) is 6.07 Å². The Morgan fingerprint density at radius 3 is 2.68 bits per heavy atom. The van der Waals surface area contributed by atoms with Crippen LogP contribution in [0.3, 0.4) is 0 Å². The Labute approximate surface area is 121 Å². The van der Waals surface area contributed by atoms with Gasteiger partial charge in [-0.1, -0.05) is 29.8 Å². The fourth-order valence-electron chi connectivity index (χ4n) is 2.62. The summed E-state index contributed by atoms with van der Waals surface area (Å²) in [5.74, 6) is 0.521. The van der Waals surface area contributed by atoms with Gasteiger partial charge in [-0.15, -0.1) is 0 Å². The van der Waals surface area contributed by atoms with Gasteiger partial charge >= 0.3 is 0 Å². The zero-order valence-corrected chi connectivity index (χ0v) is 12.8. The van der Waals surface area contributed by atoms with Gasteiger partial charge in [0.15, 0.2) is 0 Å². The Hall–Kier alpha value is -0.900. The smallest absolute Gasteiger partial charge is 0.254 e. The second kappa shape index (κ2) is 6.04. The fourth-order valence-corrected chi connectivity index (χ4v) is 2.95. The van der Waals surface area contributed by atoms with E-state index in [2.05, 4.69) is 35.1 Å². The molecule has 1 aliphatic rings. The summed E-state index contributed by atoms with van der Waals surface area (Å²) in [4.78, 5) is 12.1. The van der Waals surface area contributed by atoms with Crippen LogP contribution in [0.2, 0.25) is 0 Å². The minimum atomic E-state index is -0.482. The van der Waals surface area contributed by atoms with E-state index in [-0.39, 0.29) is 17.5 Å². The standard InChI is InChI=1S/C15H19BrFNO/c1-9-3-5-12(7-10(9)2)18-15(19)13-6-4-11(16)8-14(13)17/h4,6,8-10,12H,3,5,7H2,1-2H3,(H,18,19). The number of nitrogens with one attached hydrogen (secondary N) is 1.